The Balaban J connectivity index is 2.15. The van der Waals surface area contributed by atoms with Crippen LogP contribution < -0.4 is 16.0 Å². The molecule has 0 aliphatic carbocycles. The molecular formula is C44H62N4O12. The Hall–Kier alpha value is -5.48. The second-order valence-corrected chi connectivity index (χ2v) is 16.5. The standard InChI is InChI=1S/C44H62N4O12/c1-10-11-12-13-17-23-34(51)57-26-32(50)37(56-9)33-25-31(46-40(47-41(54)59-43(3,4)5)48-42(55)60-44(6,7)8)35(38(58-33)39(52)53)29-21-18-22-30(24-29)36(45-27(2)49)28-19-15-14-16-20-28/h14-16,18-22,24,31-33,36-37,50H,10-13,17,23,25-26H2,1-9H3,(H,45,49)(H,52,53)(H2,46,47,48,54,55)/t31-,32+,33+,36?,37+/m0/s1. The first-order chi connectivity index (χ1) is 28.2. The number of unbranched alkanes of at least 4 members (excludes halogenated alkanes) is 4. The molecule has 0 bridgehead atoms. The maximum absolute atomic E-state index is 13.2. The number of aliphatic hydroxyl groups is 1. The number of guanidine groups is 1. The molecule has 1 heterocycles. The number of benzene rings is 2. The van der Waals surface area contributed by atoms with Gasteiger partial charge in [-0.05, 0) is 70.7 Å². The summed E-state index contributed by atoms with van der Waals surface area (Å²) in [6.07, 6.45) is -1.28. The smallest absolute Gasteiger partial charge is 0.437 e. The van der Waals surface area contributed by atoms with Gasteiger partial charge in [-0.2, -0.15) is 0 Å². The highest BCUT2D eigenvalue weighted by molar-refractivity contribution is 6.01. The lowest BCUT2D eigenvalue weighted by molar-refractivity contribution is -0.157. The van der Waals surface area contributed by atoms with Crippen LogP contribution in [-0.4, -0.2) is 95.5 Å². The van der Waals surface area contributed by atoms with Crippen molar-refractivity contribution in [3.05, 3.63) is 77.0 Å². The summed E-state index contributed by atoms with van der Waals surface area (Å²) in [4.78, 5) is 68.4. The molecule has 1 aliphatic heterocycles. The number of hydrogen-bond acceptors (Lipinski definition) is 11. The fourth-order valence-corrected chi connectivity index (χ4v) is 6.51. The summed E-state index contributed by atoms with van der Waals surface area (Å²) in [5.41, 5.74) is -0.155. The van der Waals surface area contributed by atoms with E-state index in [0.29, 0.717) is 17.5 Å². The Bertz CT molecular complexity index is 1830. The molecule has 3 amide bonds. The topological polar surface area (TPSA) is 220 Å². The number of aliphatic hydroxyl groups excluding tert-OH is 1. The maximum atomic E-state index is 13.2. The first kappa shape index (κ1) is 48.9. The number of nitrogens with zero attached hydrogens (tertiary/aromatic N) is 1. The van der Waals surface area contributed by atoms with Gasteiger partial charge in [0.25, 0.3) is 0 Å². The lowest BCUT2D eigenvalue weighted by Gasteiger charge is -2.38. The van der Waals surface area contributed by atoms with E-state index < -0.39 is 84.0 Å². The van der Waals surface area contributed by atoms with Gasteiger partial charge in [0.05, 0.1) is 12.1 Å². The third kappa shape index (κ3) is 16.3. The fraction of sp³-hybridized carbons (Fsp3) is 0.545. The number of carbonyl (C=O) groups excluding carboxylic acids is 4. The molecule has 0 saturated carbocycles. The largest absolute Gasteiger partial charge is 0.480 e. The van der Waals surface area contributed by atoms with Gasteiger partial charge >= 0.3 is 24.1 Å². The zero-order valence-corrected chi connectivity index (χ0v) is 36.2. The molecule has 1 aliphatic rings. The van der Waals surface area contributed by atoms with Crippen molar-refractivity contribution in [3.63, 3.8) is 0 Å². The van der Waals surface area contributed by atoms with Crippen LogP contribution >= 0.6 is 0 Å². The molecule has 0 radical (unpaired) electrons. The van der Waals surface area contributed by atoms with Gasteiger partial charge in [0, 0.05) is 32.4 Å². The Labute approximate surface area is 352 Å². The zero-order valence-electron chi connectivity index (χ0n) is 36.2. The number of carboxylic acid groups (broad SMARTS) is 1. The van der Waals surface area contributed by atoms with Crippen LogP contribution in [-0.2, 0) is 38.1 Å². The Morgan fingerprint density at radius 1 is 0.900 bits per heavy atom. The molecule has 0 saturated heterocycles. The average Bonchev–Trinajstić information content (AvgIpc) is 3.14. The number of aliphatic carboxylic acids is 1. The first-order valence-corrected chi connectivity index (χ1v) is 20.2. The van der Waals surface area contributed by atoms with Crippen molar-refractivity contribution in [2.24, 2.45) is 4.99 Å². The Kier molecular flexibility index (Phi) is 18.6. The molecule has 0 aromatic heterocycles. The molecule has 2 aromatic carbocycles. The number of alkyl carbamates (subject to hydrolysis) is 1. The minimum Gasteiger partial charge on any atom is -0.480 e. The molecule has 0 fully saturated rings. The number of carboxylic acids is 1. The molecular weight excluding hydrogens is 776 g/mol. The van der Waals surface area contributed by atoms with Crippen molar-refractivity contribution in [1.82, 2.24) is 16.0 Å². The number of methoxy groups -OCH3 is 1. The number of ether oxygens (including phenoxy) is 5. The fourth-order valence-electron chi connectivity index (χ4n) is 6.51. The molecule has 16 nitrogen and oxygen atoms in total. The molecule has 60 heavy (non-hydrogen) atoms. The number of esters is 1. The summed E-state index contributed by atoms with van der Waals surface area (Å²) < 4.78 is 28.0. The van der Waals surface area contributed by atoms with Crippen LogP contribution in [0.15, 0.2) is 65.3 Å². The van der Waals surface area contributed by atoms with E-state index in [9.17, 15) is 34.2 Å². The van der Waals surface area contributed by atoms with E-state index in [0.717, 1.165) is 31.2 Å². The van der Waals surface area contributed by atoms with Gasteiger partial charge in [-0.1, -0.05) is 81.1 Å². The van der Waals surface area contributed by atoms with Crippen LogP contribution in [0.2, 0.25) is 0 Å². The monoisotopic (exact) mass is 838 g/mol. The van der Waals surface area contributed by atoms with E-state index in [1.807, 2.05) is 30.3 Å². The van der Waals surface area contributed by atoms with Crippen molar-refractivity contribution in [1.29, 1.82) is 0 Å². The summed E-state index contributed by atoms with van der Waals surface area (Å²) in [5.74, 6) is -3.28. The Morgan fingerprint density at radius 2 is 1.55 bits per heavy atom. The van der Waals surface area contributed by atoms with Gasteiger partial charge in [0.1, 0.15) is 36.1 Å². The van der Waals surface area contributed by atoms with E-state index in [4.69, 9.17) is 23.7 Å². The third-order valence-electron chi connectivity index (χ3n) is 8.98. The van der Waals surface area contributed by atoms with Gasteiger partial charge in [0.2, 0.25) is 17.6 Å². The van der Waals surface area contributed by atoms with Crippen LogP contribution in [0.3, 0.4) is 0 Å². The normalized spacial score (nSPS) is 17.3. The number of carbonyl (C=O) groups is 5. The minimum absolute atomic E-state index is 0.0666. The molecule has 3 rings (SSSR count). The van der Waals surface area contributed by atoms with Gasteiger partial charge in [-0.15, -0.1) is 4.99 Å². The summed E-state index contributed by atoms with van der Waals surface area (Å²) in [5, 5.41) is 30.4. The number of aliphatic imine (C=N–C) groups is 1. The maximum Gasteiger partial charge on any atom is 0.437 e. The molecule has 16 heteroatoms. The van der Waals surface area contributed by atoms with Crippen LogP contribution in [0.5, 0.6) is 0 Å². The van der Waals surface area contributed by atoms with Gasteiger partial charge in [-0.3, -0.25) is 14.9 Å². The quantitative estimate of drug-likeness (QED) is 0.0376. The highest BCUT2D eigenvalue weighted by Crippen LogP contribution is 2.36. The lowest BCUT2D eigenvalue weighted by atomic mass is 9.86. The zero-order chi connectivity index (χ0) is 44.6. The second kappa shape index (κ2) is 22.8. The molecule has 5 atom stereocenters. The van der Waals surface area contributed by atoms with Crippen LogP contribution in [0.1, 0.15) is 123 Å². The molecule has 0 spiro atoms. The second-order valence-electron chi connectivity index (χ2n) is 16.5. The van der Waals surface area contributed by atoms with E-state index in [1.165, 1.54) is 14.0 Å². The van der Waals surface area contributed by atoms with E-state index in [2.05, 4.69) is 27.9 Å². The number of amides is 3. The molecule has 1 unspecified atom stereocenters. The number of rotatable bonds is 17. The number of nitrogens with one attached hydrogen (secondary N) is 3. The predicted molar refractivity (Wildman–Crippen MR) is 224 cm³/mol. The summed E-state index contributed by atoms with van der Waals surface area (Å²) in [7, 11) is 1.30. The SMILES string of the molecule is CCCCCCCC(=O)OC[C@@H](O)[C@@H](OC)[C@H]1C[C@H](NC(=NC(=O)OC(C)(C)C)NC(=O)OC(C)(C)C)C(c2cccc(C(NC(C)=O)c3ccccc3)c2)=C(C(=O)O)O1. The van der Waals surface area contributed by atoms with Crippen molar-refractivity contribution in [2.45, 2.75) is 142 Å². The summed E-state index contributed by atoms with van der Waals surface area (Å²) in [6.45, 7) is 12.9. The third-order valence-corrected chi connectivity index (χ3v) is 8.98. The van der Waals surface area contributed by atoms with Gasteiger partial charge in [0.15, 0.2) is 0 Å². The predicted octanol–water partition coefficient (Wildman–Crippen LogP) is 6.55. The van der Waals surface area contributed by atoms with Crippen molar-refractivity contribution in [2.75, 3.05) is 13.7 Å². The van der Waals surface area contributed by atoms with Gasteiger partial charge in [-0.25, -0.2) is 14.4 Å². The van der Waals surface area contributed by atoms with Gasteiger partial charge < -0.3 is 44.5 Å². The first-order valence-electron chi connectivity index (χ1n) is 20.2. The molecule has 5 N–H and O–H groups in total. The van der Waals surface area contributed by atoms with Crippen LogP contribution in [0, 0.1) is 0 Å². The minimum atomic E-state index is -1.49. The lowest BCUT2D eigenvalue weighted by Crippen LogP contribution is -2.53. The van der Waals surface area contributed by atoms with Crippen molar-refractivity contribution < 1.29 is 57.9 Å². The van der Waals surface area contributed by atoms with Crippen LogP contribution in [0.4, 0.5) is 9.59 Å². The number of hydrogen-bond donors (Lipinski definition) is 5. The Morgan fingerprint density at radius 3 is 2.15 bits per heavy atom. The van der Waals surface area contributed by atoms with E-state index >= 15 is 0 Å². The van der Waals surface area contributed by atoms with E-state index in [1.54, 1.807) is 65.8 Å². The average molecular weight is 839 g/mol. The summed E-state index contributed by atoms with van der Waals surface area (Å²) >= 11 is 0. The van der Waals surface area contributed by atoms with Crippen molar-refractivity contribution in [3.8, 4) is 0 Å². The van der Waals surface area contributed by atoms with Crippen molar-refractivity contribution >= 4 is 41.6 Å². The van der Waals surface area contributed by atoms with Crippen LogP contribution in [0.25, 0.3) is 5.57 Å². The van der Waals surface area contributed by atoms with E-state index in [-0.39, 0.29) is 24.3 Å². The highest BCUT2D eigenvalue weighted by Gasteiger charge is 2.42. The molecule has 330 valence electrons. The highest BCUT2D eigenvalue weighted by atomic mass is 16.6. The molecule has 2 aromatic rings. The summed E-state index contributed by atoms with van der Waals surface area (Å²) in [6, 6.07) is 14.2.